The van der Waals surface area contributed by atoms with E-state index in [4.69, 9.17) is 0 Å². The van der Waals surface area contributed by atoms with Crippen LogP contribution in [-0.4, -0.2) is 23.3 Å². The van der Waals surface area contributed by atoms with Gasteiger partial charge < -0.3 is 10.4 Å². The topological polar surface area (TPSA) is 32.3 Å². The van der Waals surface area contributed by atoms with Gasteiger partial charge in [-0.25, -0.2) is 0 Å². The Labute approximate surface area is 85.0 Å². The van der Waals surface area contributed by atoms with E-state index in [2.05, 4.69) is 24.4 Å². The van der Waals surface area contributed by atoms with Crippen LogP contribution in [0, 0.1) is 0 Å². The van der Waals surface area contributed by atoms with Gasteiger partial charge in [-0.15, -0.1) is 0 Å². The van der Waals surface area contributed by atoms with Gasteiger partial charge in [0.2, 0.25) is 0 Å². The Kier molecular flexibility index (Phi) is 2.57. The number of hydrogen-bond donors (Lipinski definition) is 2. The van der Waals surface area contributed by atoms with Crippen molar-refractivity contribution in [3.8, 4) is 0 Å². The van der Waals surface area contributed by atoms with Gasteiger partial charge in [0.05, 0.1) is 6.10 Å². The van der Waals surface area contributed by atoms with E-state index in [-0.39, 0.29) is 11.6 Å². The molecule has 76 valence electrons. The van der Waals surface area contributed by atoms with Crippen molar-refractivity contribution < 1.29 is 5.11 Å². The van der Waals surface area contributed by atoms with Crippen LogP contribution in [0.15, 0.2) is 30.3 Å². The maximum absolute atomic E-state index is 9.85. The first-order chi connectivity index (χ1) is 6.71. The number of hydrogen-bond acceptors (Lipinski definition) is 2. The molecule has 1 aliphatic rings. The van der Waals surface area contributed by atoms with Crippen molar-refractivity contribution in [3.63, 3.8) is 0 Å². The van der Waals surface area contributed by atoms with Gasteiger partial charge in [-0.1, -0.05) is 30.3 Å². The van der Waals surface area contributed by atoms with Gasteiger partial charge in [0.1, 0.15) is 0 Å². The van der Waals surface area contributed by atoms with Gasteiger partial charge in [0, 0.05) is 5.54 Å². The Hall–Kier alpha value is -0.860. The minimum atomic E-state index is -0.220. The van der Waals surface area contributed by atoms with Crippen molar-refractivity contribution >= 4 is 0 Å². The molecule has 2 unspecified atom stereocenters. The second-order valence-electron chi connectivity index (χ2n) is 4.31. The molecular formula is C12H17NO. The molecule has 1 aliphatic heterocycles. The minimum Gasteiger partial charge on any atom is -0.391 e. The van der Waals surface area contributed by atoms with E-state index in [1.54, 1.807) is 0 Å². The zero-order valence-electron chi connectivity index (χ0n) is 8.53. The zero-order chi connectivity index (χ0) is 10.0. The van der Waals surface area contributed by atoms with Crippen LogP contribution >= 0.6 is 0 Å². The first-order valence-electron chi connectivity index (χ1n) is 5.18. The summed E-state index contributed by atoms with van der Waals surface area (Å²) in [6, 6.07) is 10.3. The van der Waals surface area contributed by atoms with Crippen molar-refractivity contribution in [2.75, 3.05) is 6.54 Å². The summed E-state index contributed by atoms with van der Waals surface area (Å²) in [5.41, 5.74) is 1.14. The Bertz CT molecular complexity index is 298. The average Bonchev–Trinajstić information content (AvgIpc) is 2.48. The zero-order valence-corrected chi connectivity index (χ0v) is 8.53. The molecular weight excluding hydrogens is 174 g/mol. The lowest BCUT2D eigenvalue weighted by atomic mass is 9.89. The molecule has 2 N–H and O–H groups in total. The van der Waals surface area contributed by atoms with Gasteiger partial charge in [0.25, 0.3) is 0 Å². The molecule has 1 fully saturated rings. The van der Waals surface area contributed by atoms with Gasteiger partial charge in [0.15, 0.2) is 0 Å². The van der Waals surface area contributed by atoms with Crippen LogP contribution in [0.5, 0.6) is 0 Å². The quantitative estimate of drug-likeness (QED) is 0.739. The number of rotatable bonds is 2. The molecule has 14 heavy (non-hydrogen) atoms. The van der Waals surface area contributed by atoms with Crippen LogP contribution in [0.4, 0.5) is 0 Å². The summed E-state index contributed by atoms with van der Waals surface area (Å²) in [6.07, 6.45) is 1.54. The van der Waals surface area contributed by atoms with Gasteiger partial charge in [-0.2, -0.15) is 0 Å². The number of aliphatic hydroxyl groups is 1. The lowest BCUT2D eigenvalue weighted by Crippen LogP contribution is -2.46. The first kappa shape index (κ1) is 9.69. The number of benzene rings is 1. The molecule has 2 atom stereocenters. The highest BCUT2D eigenvalue weighted by atomic mass is 16.3. The Morgan fingerprint density at radius 3 is 2.71 bits per heavy atom. The lowest BCUT2D eigenvalue weighted by Gasteiger charge is -2.28. The predicted molar refractivity (Wildman–Crippen MR) is 57.2 cm³/mol. The monoisotopic (exact) mass is 191 g/mol. The molecule has 0 radical (unpaired) electrons. The molecule has 0 aromatic heterocycles. The molecule has 1 saturated heterocycles. The highest BCUT2D eigenvalue weighted by Crippen LogP contribution is 2.23. The van der Waals surface area contributed by atoms with E-state index in [1.807, 2.05) is 18.2 Å². The van der Waals surface area contributed by atoms with Crippen LogP contribution in [0.2, 0.25) is 0 Å². The van der Waals surface area contributed by atoms with E-state index >= 15 is 0 Å². The summed E-state index contributed by atoms with van der Waals surface area (Å²) >= 11 is 0. The van der Waals surface area contributed by atoms with Crippen LogP contribution in [0.25, 0.3) is 0 Å². The van der Waals surface area contributed by atoms with E-state index in [0.29, 0.717) is 0 Å². The van der Waals surface area contributed by atoms with Crippen molar-refractivity contribution in [2.24, 2.45) is 0 Å². The van der Waals surface area contributed by atoms with E-state index in [0.717, 1.165) is 19.4 Å². The van der Waals surface area contributed by atoms with Crippen molar-refractivity contribution in [2.45, 2.75) is 31.4 Å². The van der Waals surface area contributed by atoms with Crippen LogP contribution in [0.1, 0.15) is 18.9 Å². The van der Waals surface area contributed by atoms with Crippen LogP contribution in [-0.2, 0) is 6.42 Å². The Morgan fingerprint density at radius 2 is 2.14 bits per heavy atom. The molecule has 0 spiro atoms. The second kappa shape index (κ2) is 3.71. The fourth-order valence-electron chi connectivity index (χ4n) is 2.13. The third kappa shape index (κ3) is 1.81. The summed E-state index contributed by atoms with van der Waals surface area (Å²) < 4.78 is 0. The standard InChI is InChI=1S/C12H17NO/c1-12(11(14)7-8-13-12)9-10-5-3-2-4-6-10/h2-6,11,13-14H,7-9H2,1H3. The summed E-state index contributed by atoms with van der Waals surface area (Å²) in [4.78, 5) is 0. The Balaban J connectivity index is 2.10. The molecule has 0 bridgehead atoms. The summed E-state index contributed by atoms with van der Waals surface area (Å²) in [5, 5.41) is 13.2. The third-order valence-corrected chi connectivity index (χ3v) is 3.10. The molecule has 0 saturated carbocycles. The largest absolute Gasteiger partial charge is 0.391 e. The average molecular weight is 191 g/mol. The molecule has 0 aliphatic carbocycles. The van der Waals surface area contributed by atoms with E-state index in [1.165, 1.54) is 5.56 Å². The summed E-state index contributed by atoms with van der Waals surface area (Å²) in [7, 11) is 0. The normalized spacial score (nSPS) is 32.0. The first-order valence-corrected chi connectivity index (χ1v) is 5.18. The second-order valence-corrected chi connectivity index (χ2v) is 4.31. The minimum absolute atomic E-state index is 0.138. The molecule has 1 heterocycles. The fourth-order valence-corrected chi connectivity index (χ4v) is 2.13. The highest BCUT2D eigenvalue weighted by molar-refractivity contribution is 5.19. The van der Waals surface area contributed by atoms with Crippen molar-refractivity contribution in [1.82, 2.24) is 5.32 Å². The van der Waals surface area contributed by atoms with Crippen molar-refractivity contribution in [1.29, 1.82) is 0 Å². The fraction of sp³-hybridized carbons (Fsp3) is 0.500. The molecule has 2 nitrogen and oxygen atoms in total. The van der Waals surface area contributed by atoms with E-state index in [9.17, 15) is 5.11 Å². The molecule has 1 aromatic rings. The van der Waals surface area contributed by atoms with Crippen molar-refractivity contribution in [3.05, 3.63) is 35.9 Å². The summed E-state index contributed by atoms with van der Waals surface area (Å²) in [5.74, 6) is 0. The number of nitrogens with one attached hydrogen (secondary N) is 1. The SMILES string of the molecule is CC1(Cc2ccccc2)NCCC1O. The predicted octanol–water partition coefficient (Wildman–Crippen LogP) is 1.34. The lowest BCUT2D eigenvalue weighted by molar-refractivity contribution is 0.108. The maximum atomic E-state index is 9.85. The van der Waals surface area contributed by atoms with Gasteiger partial charge in [-0.05, 0) is 31.9 Å². The van der Waals surface area contributed by atoms with Gasteiger partial charge >= 0.3 is 0 Å². The highest BCUT2D eigenvalue weighted by Gasteiger charge is 2.36. The molecule has 1 aromatic carbocycles. The van der Waals surface area contributed by atoms with E-state index < -0.39 is 0 Å². The Morgan fingerprint density at radius 1 is 1.43 bits per heavy atom. The van der Waals surface area contributed by atoms with Gasteiger partial charge in [-0.3, -0.25) is 0 Å². The molecule has 0 amide bonds. The van der Waals surface area contributed by atoms with Crippen LogP contribution < -0.4 is 5.32 Å². The maximum Gasteiger partial charge on any atom is 0.0734 e. The number of aliphatic hydroxyl groups excluding tert-OH is 1. The molecule has 2 rings (SSSR count). The molecule has 2 heteroatoms. The smallest absolute Gasteiger partial charge is 0.0734 e. The third-order valence-electron chi connectivity index (χ3n) is 3.10. The summed E-state index contributed by atoms with van der Waals surface area (Å²) in [6.45, 7) is 3.02. The van der Waals surface area contributed by atoms with Crippen LogP contribution in [0.3, 0.4) is 0 Å².